The van der Waals surface area contributed by atoms with E-state index in [0.29, 0.717) is 42.3 Å². The third-order valence-corrected chi connectivity index (χ3v) is 6.05. The molecule has 0 aliphatic carbocycles. The van der Waals surface area contributed by atoms with Crippen molar-refractivity contribution < 1.29 is 23.9 Å². The molecular weight excluding hydrogens is 412 g/mol. The van der Waals surface area contributed by atoms with Crippen LogP contribution in [0.25, 0.3) is 0 Å². The van der Waals surface area contributed by atoms with Gasteiger partial charge in [-0.1, -0.05) is 26.3 Å². The fourth-order valence-corrected chi connectivity index (χ4v) is 4.32. The van der Waals surface area contributed by atoms with Crippen molar-refractivity contribution in [2.24, 2.45) is 10.9 Å². The van der Waals surface area contributed by atoms with E-state index in [2.05, 4.69) is 22.5 Å². The summed E-state index contributed by atoms with van der Waals surface area (Å²) in [5, 5.41) is 5.14. The minimum absolute atomic E-state index is 0.0153. The Morgan fingerprint density at radius 2 is 2.09 bits per heavy atom. The van der Waals surface area contributed by atoms with Crippen molar-refractivity contribution >= 4 is 24.1 Å². The van der Waals surface area contributed by atoms with Crippen LogP contribution in [0.15, 0.2) is 34.6 Å². The van der Waals surface area contributed by atoms with E-state index in [4.69, 9.17) is 9.47 Å². The average molecular weight is 441 g/mol. The smallest absolute Gasteiger partial charge is 0.322 e. The first-order chi connectivity index (χ1) is 15.4. The Balaban J connectivity index is 1.70. The zero-order valence-corrected chi connectivity index (χ0v) is 18.6. The summed E-state index contributed by atoms with van der Waals surface area (Å²) in [5.41, 5.74) is 0.534. The molecule has 3 aliphatic heterocycles. The molecule has 9 heteroatoms. The molecule has 0 spiro atoms. The van der Waals surface area contributed by atoms with Gasteiger partial charge in [0.1, 0.15) is 5.75 Å². The number of amides is 4. The van der Waals surface area contributed by atoms with Crippen molar-refractivity contribution in [3.8, 4) is 5.75 Å². The molecule has 32 heavy (non-hydrogen) atoms. The van der Waals surface area contributed by atoms with Gasteiger partial charge in [-0.05, 0) is 36.5 Å². The summed E-state index contributed by atoms with van der Waals surface area (Å²) < 4.78 is 11.2. The van der Waals surface area contributed by atoms with Gasteiger partial charge in [0.25, 0.3) is 11.8 Å². The van der Waals surface area contributed by atoms with Gasteiger partial charge in [-0.2, -0.15) is 0 Å². The van der Waals surface area contributed by atoms with Crippen molar-refractivity contribution in [3.05, 3.63) is 40.8 Å². The number of benzene rings is 1. The molecule has 0 unspecified atom stereocenters. The number of hydrogen-bond donors (Lipinski definition) is 2. The van der Waals surface area contributed by atoms with Crippen LogP contribution >= 0.6 is 0 Å². The van der Waals surface area contributed by atoms with E-state index in [1.807, 2.05) is 13.0 Å². The second kappa shape index (κ2) is 8.64. The molecule has 1 aromatic carbocycles. The standard InChI is InChI=1S/C23H28N4O5/c1-4-5-8-32-19-18(9-14(2)11-24-19)23(21(29)25-22(30)26-23)13-27-12-15-6-7-16(31-3)10-17(15)20(27)28/h6-7,10-11,14H,4-5,8-9,12-13H2,1-3H3,(H2,25,26,29,30)/t14-,23+/m1/s1. The minimum atomic E-state index is -1.44. The second-order valence-corrected chi connectivity index (χ2v) is 8.44. The van der Waals surface area contributed by atoms with E-state index < -0.39 is 17.5 Å². The lowest BCUT2D eigenvalue weighted by molar-refractivity contribution is -0.123. The van der Waals surface area contributed by atoms with Gasteiger partial charge >= 0.3 is 6.03 Å². The van der Waals surface area contributed by atoms with E-state index in [1.54, 1.807) is 30.4 Å². The first kappa shape index (κ1) is 21.9. The highest BCUT2D eigenvalue weighted by Gasteiger charge is 2.53. The van der Waals surface area contributed by atoms with Crippen LogP contribution in [0.1, 0.15) is 49.0 Å². The summed E-state index contributed by atoms with van der Waals surface area (Å²) in [6, 6.07) is 4.75. The zero-order chi connectivity index (χ0) is 22.9. The number of rotatable bonds is 8. The Bertz CT molecular complexity index is 1020. The van der Waals surface area contributed by atoms with Crippen molar-refractivity contribution in [2.45, 2.75) is 45.2 Å². The molecule has 4 rings (SSSR count). The van der Waals surface area contributed by atoms with E-state index in [-0.39, 0.29) is 18.4 Å². The highest BCUT2D eigenvalue weighted by atomic mass is 16.5. The molecule has 3 aliphatic rings. The topological polar surface area (TPSA) is 109 Å². The van der Waals surface area contributed by atoms with Gasteiger partial charge in [0.05, 0.1) is 20.3 Å². The molecule has 2 atom stereocenters. The summed E-state index contributed by atoms with van der Waals surface area (Å²) in [6.45, 7) is 4.82. The minimum Gasteiger partial charge on any atom is -0.497 e. The maximum Gasteiger partial charge on any atom is 0.322 e. The number of fused-ring (bicyclic) bond motifs is 1. The average Bonchev–Trinajstić information content (AvgIpc) is 3.24. The number of urea groups is 1. The molecule has 4 amide bonds. The molecule has 170 valence electrons. The van der Waals surface area contributed by atoms with Crippen LogP contribution in [0.4, 0.5) is 4.79 Å². The van der Waals surface area contributed by atoms with Crippen LogP contribution in [0, 0.1) is 5.92 Å². The van der Waals surface area contributed by atoms with Gasteiger partial charge in [-0.15, -0.1) is 0 Å². The lowest BCUT2D eigenvalue weighted by atomic mass is 9.82. The Morgan fingerprint density at radius 3 is 2.78 bits per heavy atom. The van der Waals surface area contributed by atoms with E-state index in [1.165, 1.54) is 0 Å². The Hall–Kier alpha value is -3.36. The number of aliphatic imine (C=N–C) groups is 1. The lowest BCUT2D eigenvalue weighted by Gasteiger charge is -2.35. The molecular formula is C23H28N4O5. The SMILES string of the molecule is CCCCOC1=C([C@]2(CN3Cc4ccc(OC)cc4C3=O)NC(=O)NC2=O)C[C@@H](C)C=N1. The number of unbranched alkanes of at least 4 members (excludes halogenated alkanes) is 1. The summed E-state index contributed by atoms with van der Waals surface area (Å²) in [6.07, 6.45) is 4.07. The maximum atomic E-state index is 13.2. The van der Waals surface area contributed by atoms with Crippen LogP contribution in [-0.2, 0) is 16.1 Å². The van der Waals surface area contributed by atoms with Crippen LogP contribution in [0.5, 0.6) is 5.75 Å². The van der Waals surface area contributed by atoms with E-state index in [9.17, 15) is 14.4 Å². The molecule has 1 fully saturated rings. The number of nitrogens with zero attached hydrogens (tertiary/aromatic N) is 2. The number of carbonyl (C=O) groups is 3. The summed E-state index contributed by atoms with van der Waals surface area (Å²) >= 11 is 0. The van der Waals surface area contributed by atoms with Crippen LogP contribution in [0.3, 0.4) is 0 Å². The molecule has 1 saturated heterocycles. The number of carbonyl (C=O) groups excluding carboxylic acids is 3. The van der Waals surface area contributed by atoms with Crippen molar-refractivity contribution in [3.63, 3.8) is 0 Å². The highest BCUT2D eigenvalue weighted by molar-refractivity contribution is 6.10. The zero-order valence-electron chi connectivity index (χ0n) is 18.6. The van der Waals surface area contributed by atoms with E-state index >= 15 is 0 Å². The van der Waals surface area contributed by atoms with Gasteiger partial charge in [0.15, 0.2) is 5.54 Å². The molecule has 3 heterocycles. The van der Waals surface area contributed by atoms with Gasteiger partial charge in [0, 0.05) is 23.9 Å². The number of methoxy groups -OCH3 is 1. The fourth-order valence-electron chi connectivity index (χ4n) is 4.32. The van der Waals surface area contributed by atoms with Crippen molar-refractivity contribution in [1.82, 2.24) is 15.5 Å². The van der Waals surface area contributed by atoms with Crippen LogP contribution in [0.2, 0.25) is 0 Å². The van der Waals surface area contributed by atoms with Crippen molar-refractivity contribution in [1.29, 1.82) is 0 Å². The quantitative estimate of drug-likeness (QED) is 0.476. The van der Waals surface area contributed by atoms with Gasteiger partial charge in [0.2, 0.25) is 5.88 Å². The molecule has 2 N–H and O–H groups in total. The largest absolute Gasteiger partial charge is 0.497 e. The first-order valence-electron chi connectivity index (χ1n) is 10.9. The van der Waals surface area contributed by atoms with E-state index in [0.717, 1.165) is 18.4 Å². The van der Waals surface area contributed by atoms with Crippen LogP contribution in [-0.4, -0.2) is 54.8 Å². The molecule has 0 saturated carbocycles. The normalized spacial score (nSPS) is 24.5. The number of ether oxygens (including phenoxy) is 2. The molecule has 1 aromatic rings. The second-order valence-electron chi connectivity index (χ2n) is 8.44. The van der Waals surface area contributed by atoms with Crippen molar-refractivity contribution in [2.75, 3.05) is 20.3 Å². The Kier molecular flexibility index (Phi) is 5.90. The number of imide groups is 1. The number of nitrogens with one attached hydrogen (secondary N) is 2. The molecule has 0 bridgehead atoms. The lowest BCUT2D eigenvalue weighted by Crippen LogP contribution is -2.57. The van der Waals surface area contributed by atoms with Crippen LogP contribution < -0.4 is 15.4 Å². The third kappa shape index (κ3) is 3.83. The van der Waals surface area contributed by atoms with Gasteiger partial charge in [-0.25, -0.2) is 9.79 Å². The highest BCUT2D eigenvalue weighted by Crippen LogP contribution is 2.36. The van der Waals surface area contributed by atoms with Gasteiger partial charge in [-0.3, -0.25) is 14.9 Å². The third-order valence-electron chi connectivity index (χ3n) is 6.05. The Labute approximate surface area is 186 Å². The number of hydrogen-bond acceptors (Lipinski definition) is 6. The fraction of sp³-hybridized carbons (Fsp3) is 0.478. The maximum absolute atomic E-state index is 13.2. The molecule has 9 nitrogen and oxygen atoms in total. The summed E-state index contributed by atoms with van der Waals surface area (Å²) in [5.74, 6) is 0.278. The van der Waals surface area contributed by atoms with Gasteiger partial charge < -0.3 is 19.7 Å². The monoisotopic (exact) mass is 440 g/mol. The predicted molar refractivity (Wildman–Crippen MR) is 117 cm³/mol. The summed E-state index contributed by atoms with van der Waals surface area (Å²) in [4.78, 5) is 44.6. The first-order valence-corrected chi connectivity index (χ1v) is 10.9. The molecule has 0 aromatic heterocycles. The molecule has 0 radical (unpaired) electrons. The predicted octanol–water partition coefficient (Wildman–Crippen LogP) is 2.37. The Morgan fingerprint density at radius 1 is 1.28 bits per heavy atom. The summed E-state index contributed by atoms with van der Waals surface area (Å²) in [7, 11) is 1.55.